The summed E-state index contributed by atoms with van der Waals surface area (Å²) in [6.07, 6.45) is 1.94. The summed E-state index contributed by atoms with van der Waals surface area (Å²) in [7, 11) is 1.71. The molecule has 0 aliphatic carbocycles. The lowest BCUT2D eigenvalue weighted by atomic mass is 10.1. The van der Waals surface area contributed by atoms with Crippen molar-refractivity contribution in [3.8, 4) is 5.69 Å². The topological polar surface area (TPSA) is 39.1 Å². The molecule has 1 heterocycles. The van der Waals surface area contributed by atoms with Crippen LogP contribution in [-0.2, 0) is 11.3 Å². The van der Waals surface area contributed by atoms with E-state index in [1.54, 1.807) is 7.11 Å². The van der Waals surface area contributed by atoms with Gasteiger partial charge in [-0.3, -0.25) is 0 Å². The number of methoxy groups -OCH3 is 1. The fraction of sp³-hybridized carbons (Fsp3) is 0.438. The molecule has 4 nitrogen and oxygen atoms in total. The third kappa shape index (κ3) is 3.26. The van der Waals surface area contributed by atoms with E-state index in [9.17, 15) is 0 Å². The Hall–Kier alpha value is -1.65. The minimum atomic E-state index is 0.726. The Bertz CT molecular complexity index is 575. The van der Waals surface area contributed by atoms with Gasteiger partial charge in [-0.2, -0.15) is 5.10 Å². The van der Waals surface area contributed by atoms with E-state index in [2.05, 4.69) is 49.4 Å². The Labute approximate surface area is 120 Å². The molecular weight excluding hydrogens is 250 g/mol. The summed E-state index contributed by atoms with van der Waals surface area (Å²) in [5.41, 5.74) is 6.05. The molecule has 1 aromatic carbocycles. The van der Waals surface area contributed by atoms with Crippen LogP contribution in [0.25, 0.3) is 5.69 Å². The zero-order valence-corrected chi connectivity index (χ0v) is 12.7. The predicted molar refractivity (Wildman–Crippen MR) is 81.4 cm³/mol. The highest BCUT2D eigenvalue weighted by molar-refractivity contribution is 5.44. The molecule has 0 saturated heterocycles. The molecule has 4 heteroatoms. The summed E-state index contributed by atoms with van der Waals surface area (Å²) in [6, 6.07) is 6.45. The summed E-state index contributed by atoms with van der Waals surface area (Å²) in [6.45, 7) is 8.73. The quantitative estimate of drug-likeness (QED) is 0.822. The van der Waals surface area contributed by atoms with Gasteiger partial charge in [0, 0.05) is 31.5 Å². The maximum absolute atomic E-state index is 5.03. The van der Waals surface area contributed by atoms with E-state index in [1.165, 1.54) is 22.4 Å². The first-order valence-electron chi connectivity index (χ1n) is 6.94. The van der Waals surface area contributed by atoms with E-state index < -0.39 is 0 Å². The highest BCUT2D eigenvalue weighted by Gasteiger charge is 2.09. The van der Waals surface area contributed by atoms with Crippen LogP contribution in [0.3, 0.4) is 0 Å². The van der Waals surface area contributed by atoms with Crippen molar-refractivity contribution in [2.24, 2.45) is 0 Å². The van der Waals surface area contributed by atoms with E-state index in [-0.39, 0.29) is 0 Å². The summed E-state index contributed by atoms with van der Waals surface area (Å²) in [5, 5.41) is 7.89. The highest BCUT2D eigenvalue weighted by atomic mass is 16.5. The van der Waals surface area contributed by atoms with Gasteiger partial charge in [-0.1, -0.05) is 12.1 Å². The van der Waals surface area contributed by atoms with E-state index in [1.807, 2.05) is 10.9 Å². The molecule has 1 N–H and O–H groups in total. The van der Waals surface area contributed by atoms with Gasteiger partial charge in [0.2, 0.25) is 0 Å². The molecule has 0 unspecified atom stereocenters. The van der Waals surface area contributed by atoms with E-state index in [4.69, 9.17) is 4.74 Å². The molecule has 20 heavy (non-hydrogen) atoms. The standard InChI is InChI=1S/C16H23N3O/c1-12-5-6-13(2)16(9-12)19-14(3)15(11-18-19)10-17-7-8-20-4/h5-6,9,11,17H,7-8,10H2,1-4H3. The molecule has 0 bridgehead atoms. The van der Waals surface area contributed by atoms with Gasteiger partial charge in [0.15, 0.2) is 0 Å². The average Bonchev–Trinajstić information content (AvgIpc) is 2.79. The van der Waals surface area contributed by atoms with Gasteiger partial charge in [-0.25, -0.2) is 4.68 Å². The Morgan fingerprint density at radius 2 is 2.05 bits per heavy atom. The molecule has 0 saturated carbocycles. The van der Waals surface area contributed by atoms with Gasteiger partial charge in [0.1, 0.15) is 0 Å². The second-order valence-electron chi connectivity index (χ2n) is 5.13. The zero-order chi connectivity index (χ0) is 14.5. The van der Waals surface area contributed by atoms with Gasteiger partial charge in [-0.05, 0) is 38.0 Å². The first-order valence-corrected chi connectivity index (χ1v) is 6.94. The van der Waals surface area contributed by atoms with Crippen molar-refractivity contribution in [2.45, 2.75) is 27.3 Å². The van der Waals surface area contributed by atoms with Crippen LogP contribution in [0.5, 0.6) is 0 Å². The van der Waals surface area contributed by atoms with Crippen LogP contribution in [0.4, 0.5) is 0 Å². The number of aromatic nitrogens is 2. The van der Waals surface area contributed by atoms with Gasteiger partial charge < -0.3 is 10.1 Å². The SMILES string of the molecule is COCCNCc1cnn(-c2cc(C)ccc2C)c1C. The predicted octanol–water partition coefficient (Wildman–Crippen LogP) is 2.53. The van der Waals surface area contributed by atoms with Crippen LogP contribution < -0.4 is 5.32 Å². The number of benzene rings is 1. The average molecular weight is 273 g/mol. The minimum Gasteiger partial charge on any atom is -0.383 e. The third-order valence-electron chi connectivity index (χ3n) is 3.50. The zero-order valence-electron chi connectivity index (χ0n) is 12.7. The molecule has 0 aliphatic rings. The smallest absolute Gasteiger partial charge is 0.0680 e. The molecule has 108 valence electrons. The van der Waals surface area contributed by atoms with Crippen molar-refractivity contribution in [3.63, 3.8) is 0 Å². The molecular formula is C16H23N3O. The molecule has 2 rings (SSSR count). The number of aryl methyl sites for hydroxylation is 2. The van der Waals surface area contributed by atoms with Crippen LogP contribution >= 0.6 is 0 Å². The third-order valence-corrected chi connectivity index (χ3v) is 3.50. The first kappa shape index (κ1) is 14.8. The summed E-state index contributed by atoms with van der Waals surface area (Å²) < 4.78 is 7.05. The maximum Gasteiger partial charge on any atom is 0.0680 e. The van der Waals surface area contributed by atoms with Crippen LogP contribution in [0.15, 0.2) is 24.4 Å². The molecule has 0 atom stereocenters. The van der Waals surface area contributed by atoms with Crippen LogP contribution in [0.2, 0.25) is 0 Å². The second kappa shape index (κ2) is 6.68. The number of hydrogen-bond acceptors (Lipinski definition) is 3. The van der Waals surface area contributed by atoms with Crippen molar-refractivity contribution in [1.82, 2.24) is 15.1 Å². The Morgan fingerprint density at radius 3 is 2.80 bits per heavy atom. The summed E-state index contributed by atoms with van der Waals surface area (Å²) >= 11 is 0. The second-order valence-corrected chi connectivity index (χ2v) is 5.13. The molecule has 0 radical (unpaired) electrons. The molecule has 1 aromatic heterocycles. The number of rotatable bonds is 6. The fourth-order valence-corrected chi connectivity index (χ4v) is 2.20. The molecule has 0 spiro atoms. The fourth-order valence-electron chi connectivity index (χ4n) is 2.20. The lowest BCUT2D eigenvalue weighted by Gasteiger charge is -2.10. The lowest BCUT2D eigenvalue weighted by molar-refractivity contribution is 0.199. The van der Waals surface area contributed by atoms with Crippen molar-refractivity contribution < 1.29 is 4.74 Å². The molecule has 0 aliphatic heterocycles. The number of nitrogens with one attached hydrogen (secondary N) is 1. The number of ether oxygens (including phenoxy) is 1. The molecule has 2 aromatic rings. The normalized spacial score (nSPS) is 11.0. The van der Waals surface area contributed by atoms with Crippen molar-refractivity contribution in [2.75, 3.05) is 20.3 Å². The first-order chi connectivity index (χ1) is 9.63. The van der Waals surface area contributed by atoms with E-state index in [0.29, 0.717) is 0 Å². The van der Waals surface area contributed by atoms with Gasteiger partial charge in [0.25, 0.3) is 0 Å². The number of hydrogen-bond donors (Lipinski definition) is 1. The summed E-state index contributed by atoms with van der Waals surface area (Å²) in [4.78, 5) is 0. The van der Waals surface area contributed by atoms with E-state index >= 15 is 0 Å². The van der Waals surface area contributed by atoms with Crippen LogP contribution in [0.1, 0.15) is 22.4 Å². The van der Waals surface area contributed by atoms with Gasteiger partial charge >= 0.3 is 0 Å². The summed E-state index contributed by atoms with van der Waals surface area (Å²) in [5.74, 6) is 0. The highest BCUT2D eigenvalue weighted by Crippen LogP contribution is 2.19. The minimum absolute atomic E-state index is 0.726. The van der Waals surface area contributed by atoms with Crippen molar-refractivity contribution in [3.05, 3.63) is 46.8 Å². The monoisotopic (exact) mass is 273 g/mol. The Kier molecular flexibility index (Phi) is 4.93. The largest absolute Gasteiger partial charge is 0.383 e. The number of nitrogens with zero attached hydrogens (tertiary/aromatic N) is 2. The van der Waals surface area contributed by atoms with Crippen molar-refractivity contribution >= 4 is 0 Å². The van der Waals surface area contributed by atoms with Gasteiger partial charge in [-0.15, -0.1) is 0 Å². The molecule has 0 amide bonds. The molecule has 0 fully saturated rings. The Balaban J connectivity index is 2.18. The maximum atomic E-state index is 5.03. The lowest BCUT2D eigenvalue weighted by Crippen LogP contribution is -2.18. The van der Waals surface area contributed by atoms with Crippen molar-refractivity contribution in [1.29, 1.82) is 0 Å². The van der Waals surface area contributed by atoms with Crippen LogP contribution in [-0.4, -0.2) is 30.0 Å². The van der Waals surface area contributed by atoms with E-state index in [0.717, 1.165) is 25.4 Å². The Morgan fingerprint density at radius 1 is 1.25 bits per heavy atom. The van der Waals surface area contributed by atoms with Gasteiger partial charge in [0.05, 0.1) is 18.5 Å². The van der Waals surface area contributed by atoms with Crippen LogP contribution in [0, 0.1) is 20.8 Å².